The summed E-state index contributed by atoms with van der Waals surface area (Å²) in [6.07, 6.45) is -2.99. The molecule has 0 radical (unpaired) electrons. The highest BCUT2D eigenvalue weighted by Gasteiger charge is 2.33. The van der Waals surface area contributed by atoms with Crippen molar-refractivity contribution in [2.24, 2.45) is 10.3 Å². The highest BCUT2D eigenvalue weighted by molar-refractivity contribution is 7.90. The van der Waals surface area contributed by atoms with Gasteiger partial charge in [-0.25, -0.2) is 0 Å². The standard InChI is InChI=1S/C22H24F3N3O3S/c1-4-12-28-18-11-10-17(13-19(18)32(30,31)27-20(28)14(3)5-2)26-21(29)15-6-8-16(9-7-15)22(23,24)25/h6-11,13-14H,4-5,12H2,1-3H3,(H,26,29)/t14-/m0/s1. The number of benzene rings is 2. The number of nitrogens with one attached hydrogen (secondary N) is 1. The molecular formula is C22H24F3N3O3S. The van der Waals surface area contributed by atoms with Crippen molar-refractivity contribution in [3.05, 3.63) is 53.6 Å². The van der Waals surface area contributed by atoms with E-state index in [0.29, 0.717) is 18.1 Å². The normalized spacial score (nSPS) is 16.2. The number of nitrogens with zero attached hydrogens (tertiary/aromatic N) is 2. The van der Waals surface area contributed by atoms with Crippen LogP contribution in [0.1, 0.15) is 49.5 Å². The first kappa shape index (κ1) is 23.8. The van der Waals surface area contributed by atoms with Gasteiger partial charge in [-0.05, 0) is 55.3 Å². The number of carbonyl (C=O) groups is 1. The Balaban J connectivity index is 1.92. The molecule has 0 unspecified atom stereocenters. The van der Waals surface area contributed by atoms with Crippen LogP contribution in [0.4, 0.5) is 24.5 Å². The van der Waals surface area contributed by atoms with E-state index >= 15 is 0 Å². The minimum atomic E-state index is -4.50. The maximum atomic E-state index is 12.9. The van der Waals surface area contributed by atoms with Crippen LogP contribution in [-0.4, -0.2) is 26.7 Å². The van der Waals surface area contributed by atoms with Crippen LogP contribution in [0, 0.1) is 5.92 Å². The third kappa shape index (κ3) is 4.79. The molecule has 32 heavy (non-hydrogen) atoms. The molecule has 1 aliphatic heterocycles. The number of alkyl halides is 3. The fourth-order valence-corrected chi connectivity index (χ4v) is 4.72. The van der Waals surface area contributed by atoms with E-state index in [1.54, 1.807) is 12.1 Å². The molecule has 1 atom stereocenters. The average Bonchev–Trinajstić information content (AvgIpc) is 2.74. The lowest BCUT2D eigenvalue weighted by atomic mass is 10.1. The molecule has 1 aliphatic rings. The van der Waals surface area contributed by atoms with Crippen LogP contribution in [0.15, 0.2) is 51.8 Å². The molecule has 0 spiro atoms. The van der Waals surface area contributed by atoms with Gasteiger partial charge in [-0.3, -0.25) is 4.79 Å². The van der Waals surface area contributed by atoms with Gasteiger partial charge in [-0.15, -0.1) is 4.40 Å². The van der Waals surface area contributed by atoms with E-state index in [0.717, 1.165) is 37.1 Å². The monoisotopic (exact) mass is 467 g/mol. The zero-order valence-electron chi connectivity index (χ0n) is 17.9. The third-order valence-corrected chi connectivity index (χ3v) is 6.56. The van der Waals surface area contributed by atoms with Crippen molar-refractivity contribution in [1.82, 2.24) is 0 Å². The molecular weight excluding hydrogens is 443 g/mol. The van der Waals surface area contributed by atoms with Gasteiger partial charge in [0.25, 0.3) is 15.9 Å². The number of halogens is 3. The van der Waals surface area contributed by atoms with E-state index in [4.69, 9.17) is 0 Å². The molecule has 3 rings (SSSR count). The van der Waals surface area contributed by atoms with Crippen molar-refractivity contribution < 1.29 is 26.4 Å². The number of sulfonamides is 1. The number of anilines is 2. The van der Waals surface area contributed by atoms with Crippen LogP contribution < -0.4 is 10.2 Å². The minimum absolute atomic E-state index is 0.0169. The predicted octanol–water partition coefficient (Wildman–Crippen LogP) is 5.32. The molecule has 1 N–H and O–H groups in total. The SMILES string of the molecule is CCCN1C([C@@H](C)CC)=NS(=O)(=O)c2cc(NC(=O)c3ccc(C(F)(F)F)cc3)ccc21. The Morgan fingerprint density at radius 3 is 2.34 bits per heavy atom. The highest BCUT2D eigenvalue weighted by atomic mass is 32.2. The number of hydrogen-bond acceptors (Lipinski definition) is 4. The summed E-state index contributed by atoms with van der Waals surface area (Å²) >= 11 is 0. The number of amides is 1. The van der Waals surface area contributed by atoms with Gasteiger partial charge < -0.3 is 10.2 Å². The molecule has 0 saturated heterocycles. The van der Waals surface area contributed by atoms with Crippen molar-refractivity contribution in [1.29, 1.82) is 0 Å². The highest BCUT2D eigenvalue weighted by Crippen LogP contribution is 2.36. The lowest BCUT2D eigenvalue weighted by Crippen LogP contribution is -2.40. The smallest absolute Gasteiger partial charge is 0.328 e. The van der Waals surface area contributed by atoms with Crippen LogP contribution in [0.5, 0.6) is 0 Å². The van der Waals surface area contributed by atoms with Gasteiger partial charge in [0, 0.05) is 23.7 Å². The largest absolute Gasteiger partial charge is 0.416 e. The van der Waals surface area contributed by atoms with E-state index < -0.39 is 27.7 Å². The Morgan fingerprint density at radius 1 is 1.12 bits per heavy atom. The molecule has 0 bridgehead atoms. The Morgan fingerprint density at radius 2 is 1.78 bits per heavy atom. The second-order valence-corrected chi connectivity index (χ2v) is 9.17. The Kier molecular flexibility index (Phi) is 6.64. The molecule has 0 aromatic heterocycles. The summed E-state index contributed by atoms with van der Waals surface area (Å²) in [4.78, 5) is 14.3. The van der Waals surface area contributed by atoms with E-state index in [-0.39, 0.29) is 22.1 Å². The van der Waals surface area contributed by atoms with Gasteiger partial charge in [-0.2, -0.15) is 21.6 Å². The number of amidine groups is 1. The first-order valence-electron chi connectivity index (χ1n) is 10.2. The molecule has 2 aromatic carbocycles. The summed E-state index contributed by atoms with van der Waals surface area (Å²) in [5, 5.41) is 2.54. The van der Waals surface area contributed by atoms with Crippen molar-refractivity contribution in [3.8, 4) is 0 Å². The number of hydrogen-bond donors (Lipinski definition) is 1. The summed E-state index contributed by atoms with van der Waals surface area (Å²) in [7, 11) is -3.97. The van der Waals surface area contributed by atoms with Crippen molar-refractivity contribution in [2.75, 3.05) is 16.8 Å². The summed E-state index contributed by atoms with van der Waals surface area (Å²) < 4.78 is 67.9. The first-order chi connectivity index (χ1) is 15.0. The molecule has 1 amide bonds. The molecule has 0 aliphatic carbocycles. The first-order valence-corrected chi connectivity index (χ1v) is 11.7. The Labute approximate surface area is 185 Å². The van der Waals surface area contributed by atoms with Crippen LogP contribution in [-0.2, 0) is 16.2 Å². The molecule has 6 nitrogen and oxygen atoms in total. The maximum absolute atomic E-state index is 12.9. The van der Waals surface area contributed by atoms with Gasteiger partial charge in [0.05, 0.1) is 11.3 Å². The van der Waals surface area contributed by atoms with Gasteiger partial charge in [-0.1, -0.05) is 20.8 Å². The lowest BCUT2D eigenvalue weighted by Gasteiger charge is -2.33. The predicted molar refractivity (Wildman–Crippen MR) is 118 cm³/mol. The molecule has 2 aromatic rings. The zero-order valence-corrected chi connectivity index (χ0v) is 18.7. The summed E-state index contributed by atoms with van der Waals surface area (Å²) in [5.41, 5.74) is -0.149. The fraction of sp³-hybridized carbons (Fsp3) is 0.364. The van der Waals surface area contributed by atoms with Crippen LogP contribution >= 0.6 is 0 Å². The second-order valence-electron chi connectivity index (χ2n) is 7.60. The number of fused-ring (bicyclic) bond motifs is 1. The van der Waals surface area contributed by atoms with E-state index in [1.807, 2.05) is 25.7 Å². The van der Waals surface area contributed by atoms with Crippen LogP contribution in [0.2, 0.25) is 0 Å². The third-order valence-electron chi connectivity index (χ3n) is 5.25. The zero-order chi connectivity index (χ0) is 23.7. The van der Waals surface area contributed by atoms with Crippen molar-refractivity contribution >= 4 is 33.1 Å². The number of rotatable bonds is 6. The maximum Gasteiger partial charge on any atom is 0.416 e. The van der Waals surface area contributed by atoms with Gasteiger partial charge in [0.2, 0.25) is 0 Å². The second kappa shape index (κ2) is 8.93. The van der Waals surface area contributed by atoms with Crippen LogP contribution in [0.25, 0.3) is 0 Å². The quantitative estimate of drug-likeness (QED) is 0.624. The van der Waals surface area contributed by atoms with Gasteiger partial charge in [0.15, 0.2) is 0 Å². The molecule has 10 heteroatoms. The van der Waals surface area contributed by atoms with E-state index in [9.17, 15) is 26.4 Å². The van der Waals surface area contributed by atoms with Gasteiger partial charge in [0.1, 0.15) is 10.7 Å². The summed E-state index contributed by atoms with van der Waals surface area (Å²) in [5.74, 6) is -0.215. The van der Waals surface area contributed by atoms with Crippen molar-refractivity contribution in [2.45, 2.75) is 44.7 Å². The Hall–Kier alpha value is -2.88. The van der Waals surface area contributed by atoms with E-state index in [2.05, 4.69) is 9.71 Å². The molecule has 0 saturated carbocycles. The minimum Gasteiger partial charge on any atom is -0.328 e. The van der Waals surface area contributed by atoms with Gasteiger partial charge >= 0.3 is 6.18 Å². The topological polar surface area (TPSA) is 78.8 Å². The molecule has 0 fully saturated rings. The van der Waals surface area contributed by atoms with Crippen molar-refractivity contribution in [3.63, 3.8) is 0 Å². The molecule has 1 heterocycles. The molecule has 172 valence electrons. The number of carbonyl (C=O) groups excluding carboxylic acids is 1. The Bertz CT molecular complexity index is 1140. The summed E-state index contributed by atoms with van der Waals surface area (Å²) in [6, 6.07) is 8.28. The summed E-state index contributed by atoms with van der Waals surface area (Å²) in [6.45, 7) is 6.44. The fourth-order valence-electron chi connectivity index (χ4n) is 3.38. The van der Waals surface area contributed by atoms with Crippen LogP contribution in [0.3, 0.4) is 0 Å². The average molecular weight is 468 g/mol. The van der Waals surface area contributed by atoms with E-state index in [1.165, 1.54) is 6.07 Å². The lowest BCUT2D eigenvalue weighted by molar-refractivity contribution is -0.137.